The Kier molecular flexibility index (Phi) is 3.10. The molecule has 0 bridgehead atoms. The molecular weight excluding hydrogens is 228 g/mol. The van der Waals surface area contributed by atoms with Crippen molar-refractivity contribution in [3.8, 4) is 0 Å². The number of aromatic nitrogens is 2. The van der Waals surface area contributed by atoms with Gasteiger partial charge in [0, 0.05) is 6.07 Å². The Labute approximate surface area is 95.7 Å². The Morgan fingerprint density at radius 3 is 2.35 bits per heavy atom. The molecule has 0 atom stereocenters. The average Bonchev–Trinajstić information content (AvgIpc) is 2.34. The van der Waals surface area contributed by atoms with E-state index >= 15 is 0 Å². The molecule has 0 fully saturated rings. The van der Waals surface area contributed by atoms with Crippen molar-refractivity contribution < 1.29 is 8.78 Å². The van der Waals surface area contributed by atoms with Gasteiger partial charge in [-0.2, -0.15) is 0 Å². The van der Waals surface area contributed by atoms with Crippen molar-refractivity contribution in [1.29, 1.82) is 0 Å². The number of para-hydroxylation sites is 1. The molecule has 0 radical (unpaired) electrons. The fraction of sp³-hybridized carbons (Fsp3) is 0. The zero-order valence-corrected chi connectivity index (χ0v) is 8.61. The van der Waals surface area contributed by atoms with Crippen LogP contribution in [0.5, 0.6) is 0 Å². The highest BCUT2D eigenvalue weighted by atomic mass is 19.1. The first-order chi connectivity index (χ1) is 8.20. The Balaban J connectivity index is 2.31. The summed E-state index contributed by atoms with van der Waals surface area (Å²) >= 11 is 0. The van der Waals surface area contributed by atoms with Crippen LogP contribution in [0, 0.1) is 11.6 Å². The van der Waals surface area contributed by atoms with E-state index in [1.807, 2.05) is 0 Å². The number of nitrogen functional groups attached to an aromatic ring is 1. The minimum Gasteiger partial charge on any atom is -0.335 e. The predicted molar refractivity (Wildman–Crippen MR) is 59.5 cm³/mol. The van der Waals surface area contributed by atoms with Gasteiger partial charge in [-0.05, 0) is 12.1 Å². The minimum atomic E-state index is -0.703. The minimum absolute atomic E-state index is 0.233. The lowest BCUT2D eigenvalue weighted by atomic mass is 10.3. The molecule has 7 heteroatoms. The Morgan fingerprint density at radius 1 is 1.06 bits per heavy atom. The summed E-state index contributed by atoms with van der Waals surface area (Å²) in [4.78, 5) is 7.58. The first kappa shape index (κ1) is 11.2. The van der Waals surface area contributed by atoms with E-state index in [-0.39, 0.29) is 11.5 Å². The van der Waals surface area contributed by atoms with E-state index in [0.29, 0.717) is 5.82 Å². The van der Waals surface area contributed by atoms with Crippen LogP contribution in [0.4, 0.5) is 26.1 Å². The Morgan fingerprint density at radius 2 is 1.71 bits per heavy atom. The van der Waals surface area contributed by atoms with Gasteiger partial charge in [-0.3, -0.25) is 0 Å². The molecule has 0 saturated carbocycles. The van der Waals surface area contributed by atoms with Crippen LogP contribution >= 0.6 is 0 Å². The summed E-state index contributed by atoms with van der Waals surface area (Å²) in [5.74, 6) is 4.32. The maximum Gasteiger partial charge on any atom is 0.149 e. The van der Waals surface area contributed by atoms with Gasteiger partial charge in [0.1, 0.15) is 35.3 Å². The van der Waals surface area contributed by atoms with Crippen LogP contribution in [0.25, 0.3) is 0 Å². The third kappa shape index (κ3) is 2.45. The number of benzene rings is 1. The molecule has 0 aliphatic heterocycles. The lowest BCUT2D eigenvalue weighted by molar-refractivity contribution is 0.590. The van der Waals surface area contributed by atoms with Crippen LogP contribution in [0.1, 0.15) is 0 Å². The molecule has 1 aromatic carbocycles. The second-order valence-corrected chi connectivity index (χ2v) is 3.15. The van der Waals surface area contributed by atoms with Gasteiger partial charge in [-0.15, -0.1) is 0 Å². The largest absolute Gasteiger partial charge is 0.335 e. The molecule has 2 rings (SSSR count). The highest BCUT2D eigenvalue weighted by molar-refractivity contribution is 5.59. The molecule has 4 N–H and O–H groups in total. The first-order valence-corrected chi connectivity index (χ1v) is 4.70. The smallest absolute Gasteiger partial charge is 0.149 e. The first-order valence-electron chi connectivity index (χ1n) is 4.70. The fourth-order valence-electron chi connectivity index (χ4n) is 1.25. The van der Waals surface area contributed by atoms with Crippen molar-refractivity contribution in [2.75, 3.05) is 10.7 Å². The topological polar surface area (TPSA) is 75.9 Å². The predicted octanol–water partition coefficient (Wildman–Crippen LogP) is 1.78. The van der Waals surface area contributed by atoms with Crippen molar-refractivity contribution in [3.05, 3.63) is 42.2 Å². The molecule has 0 amide bonds. The van der Waals surface area contributed by atoms with E-state index in [0.717, 1.165) is 12.1 Å². The maximum absolute atomic E-state index is 13.3. The Hall–Kier alpha value is -2.28. The summed E-state index contributed by atoms with van der Waals surface area (Å²) in [7, 11) is 0. The van der Waals surface area contributed by atoms with E-state index in [4.69, 9.17) is 5.84 Å². The monoisotopic (exact) mass is 237 g/mol. The third-order valence-corrected chi connectivity index (χ3v) is 2.03. The molecule has 0 spiro atoms. The van der Waals surface area contributed by atoms with Crippen LogP contribution < -0.4 is 16.6 Å². The van der Waals surface area contributed by atoms with Crippen molar-refractivity contribution in [1.82, 2.24) is 9.97 Å². The number of hydrogen-bond acceptors (Lipinski definition) is 5. The average molecular weight is 237 g/mol. The van der Waals surface area contributed by atoms with Crippen molar-refractivity contribution in [3.63, 3.8) is 0 Å². The normalized spacial score (nSPS) is 10.1. The summed E-state index contributed by atoms with van der Waals surface area (Å²) in [5.41, 5.74) is 2.03. The summed E-state index contributed by atoms with van der Waals surface area (Å²) in [5, 5.41) is 2.52. The molecule has 5 nitrogen and oxygen atoms in total. The molecule has 1 heterocycles. The highest BCUT2D eigenvalue weighted by Gasteiger charge is 2.09. The number of halogens is 2. The standard InChI is InChI=1S/C10H9F2N5/c11-6-2-1-3-7(12)10(6)16-8-4-9(17-13)15-5-14-8/h1-5H,13H2,(H2,14,15,16,17). The number of rotatable bonds is 3. The van der Waals surface area contributed by atoms with Crippen LogP contribution in [-0.2, 0) is 0 Å². The molecule has 2 aromatic rings. The lowest BCUT2D eigenvalue weighted by Crippen LogP contribution is -2.09. The van der Waals surface area contributed by atoms with Gasteiger partial charge in [-0.25, -0.2) is 24.6 Å². The SMILES string of the molecule is NNc1cc(Nc2c(F)cccc2F)ncn1. The molecule has 1 aromatic heterocycles. The quantitative estimate of drug-likeness (QED) is 0.560. The molecule has 0 saturated heterocycles. The van der Waals surface area contributed by atoms with Crippen LogP contribution in [0.2, 0.25) is 0 Å². The third-order valence-electron chi connectivity index (χ3n) is 2.03. The zero-order valence-electron chi connectivity index (χ0n) is 8.61. The molecule has 88 valence electrons. The summed E-state index contributed by atoms with van der Waals surface area (Å²) < 4.78 is 26.7. The van der Waals surface area contributed by atoms with Crippen molar-refractivity contribution >= 4 is 17.3 Å². The summed E-state index contributed by atoms with van der Waals surface area (Å²) in [6, 6.07) is 5.00. The van der Waals surface area contributed by atoms with E-state index in [9.17, 15) is 8.78 Å². The van der Waals surface area contributed by atoms with Crippen LogP contribution in [0.3, 0.4) is 0 Å². The fourth-order valence-corrected chi connectivity index (χ4v) is 1.25. The van der Waals surface area contributed by atoms with E-state index in [1.54, 1.807) is 0 Å². The van der Waals surface area contributed by atoms with Gasteiger partial charge in [0.25, 0.3) is 0 Å². The van der Waals surface area contributed by atoms with Crippen molar-refractivity contribution in [2.45, 2.75) is 0 Å². The molecule has 17 heavy (non-hydrogen) atoms. The number of anilines is 3. The number of nitrogens with one attached hydrogen (secondary N) is 2. The molecule has 0 unspecified atom stereocenters. The number of nitrogens with zero attached hydrogens (tertiary/aromatic N) is 2. The highest BCUT2D eigenvalue weighted by Crippen LogP contribution is 2.22. The van der Waals surface area contributed by atoms with Crippen LogP contribution in [-0.4, -0.2) is 9.97 Å². The number of hydrogen-bond donors (Lipinski definition) is 3. The van der Waals surface area contributed by atoms with Crippen molar-refractivity contribution in [2.24, 2.45) is 5.84 Å². The summed E-state index contributed by atoms with van der Waals surface area (Å²) in [6.07, 6.45) is 1.22. The van der Waals surface area contributed by atoms with E-state index in [2.05, 4.69) is 20.7 Å². The maximum atomic E-state index is 13.3. The second kappa shape index (κ2) is 4.71. The van der Waals surface area contributed by atoms with E-state index < -0.39 is 11.6 Å². The molecule has 0 aliphatic carbocycles. The van der Waals surface area contributed by atoms with Gasteiger partial charge in [-0.1, -0.05) is 6.07 Å². The molecule has 0 aliphatic rings. The van der Waals surface area contributed by atoms with Crippen LogP contribution in [0.15, 0.2) is 30.6 Å². The van der Waals surface area contributed by atoms with Gasteiger partial charge in [0.15, 0.2) is 0 Å². The second-order valence-electron chi connectivity index (χ2n) is 3.15. The number of hydrazine groups is 1. The zero-order chi connectivity index (χ0) is 12.3. The molecular formula is C10H9F2N5. The Bertz CT molecular complexity index is 512. The van der Waals surface area contributed by atoms with Gasteiger partial charge < -0.3 is 10.7 Å². The lowest BCUT2D eigenvalue weighted by Gasteiger charge is -2.08. The van der Waals surface area contributed by atoms with Gasteiger partial charge in [0.05, 0.1) is 0 Å². The summed E-state index contributed by atoms with van der Waals surface area (Å²) in [6.45, 7) is 0. The number of nitrogens with two attached hydrogens (primary N) is 1. The van der Waals surface area contributed by atoms with E-state index in [1.165, 1.54) is 18.5 Å². The van der Waals surface area contributed by atoms with Gasteiger partial charge >= 0.3 is 0 Å². The van der Waals surface area contributed by atoms with Gasteiger partial charge in [0.2, 0.25) is 0 Å².